The lowest BCUT2D eigenvalue weighted by molar-refractivity contribution is 0.618. The number of hydrogen-bond acceptors (Lipinski definition) is 0. The summed E-state index contributed by atoms with van der Waals surface area (Å²) in [5.41, 5.74) is 19.8. The minimum absolute atomic E-state index is 0.103. The van der Waals surface area contributed by atoms with E-state index in [1.165, 1.54) is 105 Å². The maximum Gasteiger partial charge on any atom is 0.0159 e. The van der Waals surface area contributed by atoms with Gasteiger partial charge in [-0.25, -0.2) is 0 Å². The monoisotopic (exact) mass is 806 g/mol. The van der Waals surface area contributed by atoms with Crippen LogP contribution in [-0.2, 0) is 18.3 Å². The van der Waals surface area contributed by atoms with E-state index in [1.807, 2.05) is 0 Å². The molecule has 0 saturated heterocycles. The number of hydrogen-bond donors (Lipinski definition) is 0. The molecule has 10 aromatic rings. The maximum absolute atomic E-state index is 2.52. The molecule has 0 saturated carbocycles. The third-order valence-corrected chi connectivity index (χ3v) is 13.9. The normalized spacial score (nSPS) is 13.2. The molecule has 63 heavy (non-hydrogen) atoms. The van der Waals surface area contributed by atoms with Gasteiger partial charge in [0.05, 0.1) is 0 Å². The van der Waals surface area contributed by atoms with Crippen LogP contribution in [0.4, 0.5) is 0 Å². The molecule has 0 N–H and O–H groups in total. The fraction of sp³-hybridized carbons (Fsp3) is 0.111. The first-order valence-electron chi connectivity index (χ1n) is 22.6. The number of benzene rings is 10. The van der Waals surface area contributed by atoms with Crippen molar-refractivity contribution in [2.45, 2.75) is 44.4 Å². The van der Waals surface area contributed by atoms with Gasteiger partial charge in [-0.1, -0.05) is 226 Å². The third-order valence-electron chi connectivity index (χ3n) is 13.9. The molecule has 1 unspecified atom stereocenters. The molecule has 0 aromatic heterocycles. The fourth-order valence-corrected chi connectivity index (χ4v) is 10.3. The first kappa shape index (κ1) is 38.6. The predicted molar refractivity (Wildman–Crippen MR) is 268 cm³/mol. The Hall–Kier alpha value is -7.28. The molecule has 0 radical (unpaired) electrons. The predicted octanol–water partition coefficient (Wildman–Crippen LogP) is 16.9. The van der Waals surface area contributed by atoms with Crippen LogP contribution in [0, 0.1) is 0 Å². The molecule has 1 aliphatic rings. The van der Waals surface area contributed by atoms with Crippen LogP contribution >= 0.6 is 0 Å². The van der Waals surface area contributed by atoms with Crippen molar-refractivity contribution in [2.75, 3.05) is 0 Å². The highest BCUT2D eigenvalue weighted by atomic mass is 14.4. The summed E-state index contributed by atoms with van der Waals surface area (Å²) >= 11 is 0. The van der Waals surface area contributed by atoms with Crippen molar-refractivity contribution in [1.82, 2.24) is 0 Å². The van der Waals surface area contributed by atoms with E-state index in [9.17, 15) is 0 Å². The van der Waals surface area contributed by atoms with Gasteiger partial charge in [0.15, 0.2) is 0 Å². The summed E-state index contributed by atoms with van der Waals surface area (Å²) < 4.78 is 0. The lowest BCUT2D eigenvalue weighted by atomic mass is 9.80. The van der Waals surface area contributed by atoms with Crippen molar-refractivity contribution < 1.29 is 0 Å². The summed E-state index contributed by atoms with van der Waals surface area (Å²) in [5, 5.41) is 5.18. The first-order chi connectivity index (χ1) is 31.0. The Bertz CT molecular complexity index is 3230. The Morgan fingerprint density at radius 3 is 1.51 bits per heavy atom. The largest absolute Gasteiger partial charge is 0.0622 e. The van der Waals surface area contributed by atoms with Crippen LogP contribution in [0.3, 0.4) is 0 Å². The van der Waals surface area contributed by atoms with Crippen LogP contribution in [0.1, 0.15) is 54.0 Å². The third kappa shape index (κ3) is 7.36. The molecule has 0 aliphatic heterocycles. The number of aryl methyl sites for hydroxylation is 1. The highest BCUT2D eigenvalue weighted by molar-refractivity contribution is 6.13. The molecule has 0 heteroatoms. The number of rotatable bonds is 10. The van der Waals surface area contributed by atoms with Crippen molar-refractivity contribution in [3.05, 3.63) is 252 Å². The van der Waals surface area contributed by atoms with Gasteiger partial charge in [-0.05, 0) is 142 Å². The van der Waals surface area contributed by atoms with Gasteiger partial charge in [0.2, 0.25) is 0 Å². The van der Waals surface area contributed by atoms with E-state index in [2.05, 4.69) is 238 Å². The highest BCUT2D eigenvalue weighted by Gasteiger charge is 2.36. The van der Waals surface area contributed by atoms with Gasteiger partial charge in [0.1, 0.15) is 0 Å². The summed E-state index contributed by atoms with van der Waals surface area (Å²) in [6, 6.07) is 83.5. The summed E-state index contributed by atoms with van der Waals surface area (Å²) in [5.74, 6) is 0.393. The second kappa shape index (κ2) is 16.2. The maximum atomic E-state index is 2.52. The molecule has 0 bridgehead atoms. The Labute approximate surface area is 372 Å². The molecular formula is C63H50. The molecule has 11 rings (SSSR count). The van der Waals surface area contributed by atoms with Crippen molar-refractivity contribution >= 4 is 21.5 Å². The van der Waals surface area contributed by atoms with Crippen LogP contribution in [0.5, 0.6) is 0 Å². The van der Waals surface area contributed by atoms with E-state index in [-0.39, 0.29) is 5.41 Å². The molecule has 0 spiro atoms. The van der Waals surface area contributed by atoms with Gasteiger partial charge in [-0.3, -0.25) is 0 Å². The molecule has 0 amide bonds. The topological polar surface area (TPSA) is 0 Å². The smallest absolute Gasteiger partial charge is 0.0159 e. The molecule has 0 nitrogen and oxygen atoms in total. The molecule has 302 valence electrons. The minimum atomic E-state index is -0.103. The van der Waals surface area contributed by atoms with Gasteiger partial charge in [-0.15, -0.1) is 0 Å². The minimum Gasteiger partial charge on any atom is -0.0622 e. The molecule has 0 fully saturated rings. The summed E-state index contributed by atoms with van der Waals surface area (Å²) in [6.45, 7) is 4.82. The second-order valence-electron chi connectivity index (χ2n) is 18.0. The quantitative estimate of drug-likeness (QED) is 0.121. The van der Waals surface area contributed by atoms with Crippen LogP contribution in [0.15, 0.2) is 224 Å². The zero-order valence-corrected chi connectivity index (χ0v) is 36.1. The van der Waals surface area contributed by atoms with E-state index in [1.54, 1.807) is 0 Å². The van der Waals surface area contributed by atoms with Gasteiger partial charge >= 0.3 is 0 Å². The van der Waals surface area contributed by atoms with Crippen molar-refractivity contribution in [2.24, 2.45) is 0 Å². The Kier molecular flexibility index (Phi) is 9.94. The average Bonchev–Trinajstić information content (AvgIpc) is 3.57. The Balaban J connectivity index is 0.848. The van der Waals surface area contributed by atoms with E-state index in [4.69, 9.17) is 0 Å². The van der Waals surface area contributed by atoms with Gasteiger partial charge in [0, 0.05) is 5.41 Å². The molecular weight excluding hydrogens is 757 g/mol. The fourth-order valence-electron chi connectivity index (χ4n) is 10.3. The van der Waals surface area contributed by atoms with E-state index >= 15 is 0 Å². The van der Waals surface area contributed by atoms with E-state index < -0.39 is 0 Å². The van der Waals surface area contributed by atoms with Crippen LogP contribution in [-0.4, -0.2) is 0 Å². The Morgan fingerprint density at radius 1 is 0.349 bits per heavy atom. The van der Waals surface area contributed by atoms with E-state index in [0.717, 1.165) is 19.3 Å². The lowest BCUT2D eigenvalue weighted by Crippen LogP contribution is -2.15. The second-order valence-corrected chi connectivity index (χ2v) is 18.0. The van der Waals surface area contributed by atoms with Gasteiger partial charge in [-0.2, -0.15) is 0 Å². The van der Waals surface area contributed by atoms with Crippen LogP contribution < -0.4 is 0 Å². The first-order valence-corrected chi connectivity index (χ1v) is 22.6. The van der Waals surface area contributed by atoms with Crippen LogP contribution in [0.25, 0.3) is 77.2 Å². The zero-order valence-electron chi connectivity index (χ0n) is 36.1. The summed E-state index contributed by atoms with van der Waals surface area (Å²) in [7, 11) is 0. The summed E-state index contributed by atoms with van der Waals surface area (Å²) in [6.07, 6.45) is 3.10. The van der Waals surface area contributed by atoms with Gasteiger partial charge in [0.25, 0.3) is 0 Å². The summed E-state index contributed by atoms with van der Waals surface area (Å²) in [4.78, 5) is 0. The van der Waals surface area contributed by atoms with Crippen molar-refractivity contribution in [1.29, 1.82) is 0 Å². The highest BCUT2D eigenvalue weighted by Crippen LogP contribution is 2.50. The SMILES string of the molecule is CC1(C)c2cc(CCC(Cc3ccc(-c4ccccc4)cc3)c3ccc(-c4ccccc4)cc3)ccc2-c2ccc(-c3ccc(-c4cc5ccccc5c5ccccc45)cc3)cc21. The molecule has 1 atom stereocenters. The molecule has 0 heterocycles. The van der Waals surface area contributed by atoms with E-state index in [0.29, 0.717) is 5.92 Å². The molecule has 10 aromatic carbocycles. The average molecular weight is 807 g/mol. The van der Waals surface area contributed by atoms with Crippen molar-refractivity contribution in [3.63, 3.8) is 0 Å². The standard InChI is InChI=1S/C63H50/c1-63(2)61-40-44(23-27-52(49-30-28-48(29-31-49)46-15-7-4-8-16-46)39-43-21-25-47(26-22-43)45-13-5-3-6-14-45)24-37-58(61)59-38-36-53(42-62(59)63)50-32-34-51(35-33-50)60-41-54-17-9-10-18-55(54)56-19-11-12-20-57(56)60/h3-22,24-26,28-38,40-42,52H,23,27,39H2,1-2H3. The number of fused-ring (bicyclic) bond motifs is 6. The van der Waals surface area contributed by atoms with Crippen molar-refractivity contribution in [3.8, 4) is 55.6 Å². The molecule has 1 aliphatic carbocycles. The van der Waals surface area contributed by atoms with Gasteiger partial charge < -0.3 is 0 Å². The zero-order chi connectivity index (χ0) is 42.3. The van der Waals surface area contributed by atoms with Crippen LogP contribution in [0.2, 0.25) is 0 Å². The lowest BCUT2D eigenvalue weighted by Gasteiger charge is -2.23. The Morgan fingerprint density at radius 2 is 0.825 bits per heavy atom.